The maximum atomic E-state index is 5.94. The van der Waals surface area contributed by atoms with E-state index >= 15 is 0 Å². The zero-order valence-electron chi connectivity index (χ0n) is 17.0. The number of halogens is 1. The minimum absolute atomic E-state index is 0.0580. The Morgan fingerprint density at radius 2 is 1.72 bits per heavy atom. The van der Waals surface area contributed by atoms with Crippen LogP contribution in [-0.2, 0) is 12.0 Å². The van der Waals surface area contributed by atoms with Crippen molar-refractivity contribution in [1.82, 2.24) is 25.0 Å². The number of benzene rings is 1. The van der Waals surface area contributed by atoms with Crippen molar-refractivity contribution >= 4 is 17.4 Å². The molecule has 0 amide bonds. The Labute approximate surface area is 175 Å². The first-order valence-electron chi connectivity index (χ1n) is 9.78. The maximum absolute atomic E-state index is 5.94. The van der Waals surface area contributed by atoms with Crippen molar-refractivity contribution in [3.63, 3.8) is 0 Å². The van der Waals surface area contributed by atoms with E-state index in [1.54, 1.807) is 0 Å². The normalized spacial score (nSPS) is 15.7. The van der Waals surface area contributed by atoms with Gasteiger partial charge in [0, 0.05) is 48.4 Å². The quantitative estimate of drug-likeness (QED) is 0.645. The number of aromatic nitrogens is 4. The Hall–Kier alpha value is -2.51. The fourth-order valence-corrected chi connectivity index (χ4v) is 3.37. The van der Waals surface area contributed by atoms with E-state index in [4.69, 9.17) is 21.1 Å². The van der Waals surface area contributed by atoms with E-state index < -0.39 is 0 Å². The minimum atomic E-state index is -0.0580. The van der Waals surface area contributed by atoms with Gasteiger partial charge in [0.1, 0.15) is 11.6 Å². The molecule has 1 fully saturated rings. The van der Waals surface area contributed by atoms with E-state index in [-0.39, 0.29) is 5.41 Å². The van der Waals surface area contributed by atoms with E-state index in [9.17, 15) is 0 Å². The predicted molar refractivity (Wildman–Crippen MR) is 113 cm³/mol. The highest BCUT2D eigenvalue weighted by atomic mass is 35.5. The van der Waals surface area contributed by atoms with Crippen molar-refractivity contribution in [2.75, 3.05) is 31.1 Å². The summed E-state index contributed by atoms with van der Waals surface area (Å²) in [5, 5.41) is 4.78. The van der Waals surface area contributed by atoms with Crippen LogP contribution in [0.4, 0.5) is 5.82 Å². The summed E-state index contributed by atoms with van der Waals surface area (Å²) in [6, 6.07) is 9.42. The Morgan fingerprint density at radius 3 is 2.41 bits per heavy atom. The molecule has 1 aromatic carbocycles. The van der Waals surface area contributed by atoms with Crippen molar-refractivity contribution in [2.45, 2.75) is 32.7 Å². The van der Waals surface area contributed by atoms with E-state index in [0.29, 0.717) is 23.3 Å². The smallest absolute Gasteiger partial charge is 0.241 e. The highest BCUT2D eigenvalue weighted by molar-refractivity contribution is 6.30. The number of hydrogen-bond donors (Lipinski definition) is 0. The van der Waals surface area contributed by atoms with Gasteiger partial charge in [-0.05, 0) is 30.3 Å². The van der Waals surface area contributed by atoms with Gasteiger partial charge >= 0.3 is 0 Å². The van der Waals surface area contributed by atoms with Crippen molar-refractivity contribution in [1.29, 1.82) is 0 Å². The van der Waals surface area contributed by atoms with Gasteiger partial charge in [0.25, 0.3) is 0 Å². The summed E-state index contributed by atoms with van der Waals surface area (Å²) in [6.45, 7) is 10.7. The molecule has 2 aromatic heterocycles. The molecule has 1 saturated heterocycles. The van der Waals surface area contributed by atoms with Gasteiger partial charge in [-0.15, -0.1) is 0 Å². The summed E-state index contributed by atoms with van der Waals surface area (Å²) in [6.07, 6.45) is 1.85. The van der Waals surface area contributed by atoms with Crippen molar-refractivity contribution in [3.8, 4) is 11.4 Å². The van der Waals surface area contributed by atoms with Crippen LogP contribution < -0.4 is 4.90 Å². The van der Waals surface area contributed by atoms with Gasteiger partial charge in [-0.25, -0.2) is 9.97 Å². The molecule has 3 heterocycles. The highest BCUT2D eigenvalue weighted by Gasteiger charge is 2.23. The monoisotopic (exact) mass is 412 g/mol. The van der Waals surface area contributed by atoms with Gasteiger partial charge in [0.2, 0.25) is 11.7 Å². The number of anilines is 1. The number of nitrogens with zero attached hydrogens (tertiary/aromatic N) is 6. The lowest BCUT2D eigenvalue weighted by atomic mass is 9.96. The average Bonchev–Trinajstić information content (AvgIpc) is 3.17. The van der Waals surface area contributed by atoms with Crippen LogP contribution in [0.5, 0.6) is 0 Å². The molecule has 0 bridgehead atoms. The third-order valence-electron chi connectivity index (χ3n) is 4.94. The van der Waals surface area contributed by atoms with Gasteiger partial charge in [0.05, 0.1) is 6.54 Å². The second kappa shape index (κ2) is 8.08. The molecule has 0 unspecified atom stereocenters. The first-order chi connectivity index (χ1) is 13.9. The van der Waals surface area contributed by atoms with Crippen LogP contribution in [0.15, 0.2) is 41.1 Å². The molecular weight excluding hydrogens is 388 g/mol. The predicted octanol–water partition coefficient (Wildman–Crippen LogP) is 3.80. The van der Waals surface area contributed by atoms with E-state index in [2.05, 4.69) is 45.7 Å². The van der Waals surface area contributed by atoms with Crippen LogP contribution >= 0.6 is 11.6 Å². The Balaban J connectivity index is 1.35. The number of rotatable bonds is 4. The van der Waals surface area contributed by atoms with Crippen molar-refractivity contribution < 1.29 is 4.52 Å². The van der Waals surface area contributed by atoms with Crippen LogP contribution in [0, 0.1) is 0 Å². The van der Waals surface area contributed by atoms with Gasteiger partial charge in [-0.2, -0.15) is 4.98 Å². The number of piperazine rings is 1. The molecule has 8 heteroatoms. The van der Waals surface area contributed by atoms with Crippen molar-refractivity contribution in [2.24, 2.45) is 0 Å². The first kappa shape index (κ1) is 19.8. The second-order valence-electron chi connectivity index (χ2n) is 8.27. The lowest BCUT2D eigenvalue weighted by Crippen LogP contribution is -2.46. The first-order valence-corrected chi connectivity index (χ1v) is 10.2. The Bertz CT molecular complexity index is 958. The molecule has 4 rings (SSSR count). The van der Waals surface area contributed by atoms with Gasteiger partial charge in [-0.1, -0.05) is 37.5 Å². The molecule has 1 aliphatic heterocycles. The molecule has 0 radical (unpaired) electrons. The van der Waals surface area contributed by atoms with E-state index in [1.165, 1.54) is 0 Å². The molecule has 3 aromatic rings. The van der Waals surface area contributed by atoms with Crippen LogP contribution in [0.1, 0.15) is 32.5 Å². The molecule has 7 nitrogen and oxygen atoms in total. The van der Waals surface area contributed by atoms with Gasteiger partial charge in [-0.3, -0.25) is 4.90 Å². The molecule has 29 heavy (non-hydrogen) atoms. The molecule has 0 aliphatic carbocycles. The third-order valence-corrected chi connectivity index (χ3v) is 5.19. The minimum Gasteiger partial charge on any atom is -0.354 e. The zero-order valence-corrected chi connectivity index (χ0v) is 17.7. The van der Waals surface area contributed by atoms with E-state index in [0.717, 1.165) is 43.4 Å². The summed E-state index contributed by atoms with van der Waals surface area (Å²) in [5.41, 5.74) is 0.838. The van der Waals surface area contributed by atoms with Crippen LogP contribution in [0.25, 0.3) is 11.4 Å². The standard InChI is InChI=1S/C21H25ClN6O/c1-21(2,3)20-23-9-8-17(24-20)28-12-10-27(11-13-28)14-18-25-19(26-29-18)15-4-6-16(22)7-5-15/h4-9H,10-14H2,1-3H3. The van der Waals surface area contributed by atoms with Gasteiger partial charge < -0.3 is 9.42 Å². The topological polar surface area (TPSA) is 71.2 Å². The van der Waals surface area contributed by atoms with Crippen LogP contribution in [-0.4, -0.2) is 51.2 Å². The summed E-state index contributed by atoms with van der Waals surface area (Å²) in [4.78, 5) is 18.3. The Morgan fingerprint density at radius 1 is 1.00 bits per heavy atom. The lowest BCUT2D eigenvalue weighted by Gasteiger charge is -2.35. The van der Waals surface area contributed by atoms with Crippen LogP contribution in [0.2, 0.25) is 5.02 Å². The zero-order chi connectivity index (χ0) is 20.4. The summed E-state index contributed by atoms with van der Waals surface area (Å²) >= 11 is 5.94. The van der Waals surface area contributed by atoms with Crippen molar-refractivity contribution in [3.05, 3.63) is 53.3 Å². The average molecular weight is 413 g/mol. The third kappa shape index (κ3) is 4.74. The molecule has 0 N–H and O–H groups in total. The fraction of sp³-hybridized carbons (Fsp3) is 0.429. The number of hydrogen-bond acceptors (Lipinski definition) is 7. The molecular formula is C21H25ClN6O. The van der Waals surface area contributed by atoms with E-state index in [1.807, 2.05) is 36.5 Å². The second-order valence-corrected chi connectivity index (χ2v) is 8.71. The maximum Gasteiger partial charge on any atom is 0.241 e. The lowest BCUT2D eigenvalue weighted by molar-refractivity contribution is 0.215. The largest absolute Gasteiger partial charge is 0.354 e. The Kier molecular flexibility index (Phi) is 5.52. The summed E-state index contributed by atoms with van der Waals surface area (Å²) in [5.74, 6) is 3.08. The summed E-state index contributed by atoms with van der Waals surface area (Å²) < 4.78 is 5.45. The molecule has 0 atom stereocenters. The molecule has 1 aliphatic rings. The SMILES string of the molecule is CC(C)(C)c1nccc(N2CCN(Cc3nc(-c4ccc(Cl)cc4)no3)CC2)n1. The fourth-order valence-electron chi connectivity index (χ4n) is 3.25. The molecule has 0 saturated carbocycles. The van der Waals surface area contributed by atoms with Gasteiger partial charge in [0.15, 0.2) is 0 Å². The van der Waals surface area contributed by atoms with Crippen LogP contribution in [0.3, 0.4) is 0 Å². The molecule has 0 spiro atoms. The highest BCUT2D eigenvalue weighted by Crippen LogP contribution is 2.22. The molecule has 152 valence electrons. The summed E-state index contributed by atoms with van der Waals surface area (Å²) in [7, 11) is 0.